The molecule has 4 heterocycles. The molecule has 5 unspecified atom stereocenters. The van der Waals surface area contributed by atoms with E-state index in [-0.39, 0.29) is 16.4 Å². The Hall–Kier alpha value is -1.28. The number of fused-ring (bicyclic) bond motifs is 3. The summed E-state index contributed by atoms with van der Waals surface area (Å²) in [6, 6.07) is 2.88. The summed E-state index contributed by atoms with van der Waals surface area (Å²) in [4.78, 5) is 11.9. The van der Waals surface area contributed by atoms with Crippen molar-refractivity contribution in [3.8, 4) is 5.75 Å². The average molecular weight is 608 g/mol. The first-order valence-corrected chi connectivity index (χ1v) is 14.9. The summed E-state index contributed by atoms with van der Waals surface area (Å²) in [6.45, 7) is 8.25. The smallest absolute Gasteiger partial charge is 0.367 e. The lowest BCUT2D eigenvalue weighted by atomic mass is 9.66. The summed E-state index contributed by atoms with van der Waals surface area (Å²) in [6.07, 6.45) is -1.35. The maximum Gasteiger partial charge on any atom is 0.367 e. The second-order valence-corrected chi connectivity index (χ2v) is 13.7. The molecule has 0 spiro atoms. The third-order valence-corrected chi connectivity index (χ3v) is 11.4. The SMILES string of the molecule is CCCC[C@]1(CC)CS(=O)(=O)c2cc(OC3OC4(C(=O)O)OC(C)(C3O)C4(C)O)c(Br)cc2[C@@H](C)[C@H]1O. The Bertz CT molecular complexity index is 1200. The van der Waals surface area contributed by atoms with Crippen LogP contribution in [-0.4, -0.2) is 76.1 Å². The van der Waals surface area contributed by atoms with Gasteiger partial charge >= 0.3 is 11.8 Å². The van der Waals surface area contributed by atoms with Gasteiger partial charge in [-0.15, -0.1) is 0 Å². The highest BCUT2D eigenvalue weighted by Crippen LogP contribution is 2.58. The molecule has 1 aromatic rings. The number of halogens is 1. The summed E-state index contributed by atoms with van der Waals surface area (Å²) < 4.78 is 44.3. The van der Waals surface area contributed by atoms with Crippen molar-refractivity contribution in [2.24, 2.45) is 5.41 Å². The Labute approximate surface area is 225 Å². The highest BCUT2D eigenvalue weighted by molar-refractivity contribution is 9.10. The molecule has 0 aliphatic carbocycles. The fraction of sp³-hybridized carbons (Fsp3) is 0.720. The van der Waals surface area contributed by atoms with E-state index in [0.29, 0.717) is 22.9 Å². The second kappa shape index (κ2) is 9.14. The van der Waals surface area contributed by atoms with Crippen molar-refractivity contribution < 1.29 is 47.8 Å². The third kappa shape index (κ3) is 3.89. The van der Waals surface area contributed by atoms with E-state index in [0.717, 1.165) is 12.8 Å². The normalized spacial score (nSPS) is 42.3. The predicted octanol–water partition coefficient (Wildman–Crippen LogP) is 2.70. The van der Waals surface area contributed by atoms with E-state index in [1.165, 1.54) is 19.9 Å². The molecular weight excluding hydrogens is 572 g/mol. The number of rotatable bonds is 7. The van der Waals surface area contributed by atoms with Crippen LogP contribution in [0.15, 0.2) is 21.5 Å². The first kappa shape index (κ1) is 28.7. The van der Waals surface area contributed by atoms with Crippen LogP contribution in [0.5, 0.6) is 5.75 Å². The van der Waals surface area contributed by atoms with E-state index in [4.69, 9.17) is 14.2 Å². The molecule has 0 saturated carbocycles. The first-order valence-electron chi connectivity index (χ1n) is 12.5. The fourth-order valence-electron chi connectivity index (χ4n) is 6.01. The van der Waals surface area contributed by atoms with Crippen LogP contribution in [0, 0.1) is 5.41 Å². The number of hydrogen-bond donors (Lipinski definition) is 4. The molecule has 4 N–H and O–H groups in total. The quantitative estimate of drug-likeness (QED) is 0.363. The number of aliphatic carboxylic acids is 1. The van der Waals surface area contributed by atoms with Gasteiger partial charge in [-0.05, 0) is 54.2 Å². The van der Waals surface area contributed by atoms with Gasteiger partial charge in [0, 0.05) is 17.4 Å². The van der Waals surface area contributed by atoms with Gasteiger partial charge in [-0.1, -0.05) is 33.6 Å². The van der Waals surface area contributed by atoms with Gasteiger partial charge in [0.15, 0.2) is 15.4 Å². The number of carboxylic acid groups (broad SMARTS) is 1. The second-order valence-electron chi connectivity index (χ2n) is 10.9. The number of carbonyl (C=O) groups is 1. The van der Waals surface area contributed by atoms with Crippen molar-refractivity contribution in [2.75, 3.05) is 5.75 Å². The van der Waals surface area contributed by atoms with Gasteiger partial charge in [0.1, 0.15) is 17.5 Å². The molecule has 12 heteroatoms. The summed E-state index contributed by atoms with van der Waals surface area (Å²) >= 11 is 3.39. The van der Waals surface area contributed by atoms with Crippen LogP contribution in [0.1, 0.15) is 71.8 Å². The molecule has 10 nitrogen and oxygen atoms in total. The molecular formula is C25H35BrO10S. The van der Waals surface area contributed by atoms with E-state index >= 15 is 0 Å². The molecule has 4 aliphatic heterocycles. The molecule has 0 amide bonds. The van der Waals surface area contributed by atoms with Crippen LogP contribution in [0.2, 0.25) is 0 Å². The molecule has 37 heavy (non-hydrogen) atoms. The molecule has 2 bridgehead atoms. The molecule has 8 atom stereocenters. The van der Waals surface area contributed by atoms with Gasteiger partial charge < -0.3 is 29.9 Å². The zero-order chi connectivity index (χ0) is 27.8. The van der Waals surface area contributed by atoms with Crippen LogP contribution < -0.4 is 4.74 Å². The molecule has 4 aliphatic rings. The number of aliphatic hydroxyl groups is 3. The van der Waals surface area contributed by atoms with E-state index < -0.39 is 62.6 Å². The number of sulfone groups is 1. The summed E-state index contributed by atoms with van der Waals surface area (Å²) in [5.74, 6) is -4.78. The molecule has 5 rings (SSSR count). The van der Waals surface area contributed by atoms with Crippen molar-refractivity contribution in [2.45, 2.75) is 107 Å². The molecule has 1 aromatic carbocycles. The van der Waals surface area contributed by atoms with Crippen molar-refractivity contribution in [3.63, 3.8) is 0 Å². The maximum absolute atomic E-state index is 13.7. The van der Waals surface area contributed by atoms with Crippen LogP contribution in [0.3, 0.4) is 0 Å². The minimum absolute atomic E-state index is 0.00179. The number of unbranched alkanes of at least 4 members (excludes halogenated alkanes) is 1. The summed E-state index contributed by atoms with van der Waals surface area (Å²) in [5.41, 5.74) is -4.15. The van der Waals surface area contributed by atoms with E-state index in [1.807, 2.05) is 13.8 Å². The lowest BCUT2D eigenvalue weighted by Crippen LogP contribution is -2.91. The van der Waals surface area contributed by atoms with E-state index in [1.54, 1.807) is 13.0 Å². The van der Waals surface area contributed by atoms with Crippen molar-refractivity contribution >= 4 is 31.7 Å². The number of ether oxygens (including phenoxy) is 3. The molecule has 3 fully saturated rings. The first-order chi connectivity index (χ1) is 17.0. The highest BCUT2D eigenvalue weighted by atomic mass is 79.9. The summed E-state index contributed by atoms with van der Waals surface area (Å²) in [7, 11) is -3.87. The minimum Gasteiger partial charge on any atom is -0.477 e. The van der Waals surface area contributed by atoms with Crippen LogP contribution in [0.4, 0.5) is 0 Å². The molecule has 3 saturated heterocycles. The van der Waals surface area contributed by atoms with Gasteiger partial charge in [0.25, 0.3) is 0 Å². The number of hydrogen-bond acceptors (Lipinski definition) is 9. The van der Waals surface area contributed by atoms with Crippen molar-refractivity contribution in [3.05, 3.63) is 22.2 Å². The van der Waals surface area contributed by atoms with Crippen LogP contribution in [-0.2, 0) is 24.1 Å². The molecule has 0 radical (unpaired) electrons. The Morgan fingerprint density at radius 3 is 2.41 bits per heavy atom. The Kier molecular flexibility index (Phi) is 7.10. The highest BCUT2D eigenvalue weighted by Gasteiger charge is 2.84. The average Bonchev–Trinajstić information content (AvgIpc) is 2.88. The van der Waals surface area contributed by atoms with Gasteiger partial charge in [-0.3, -0.25) is 4.74 Å². The standard InChI is InChI=1S/C25H35BrO10S/c1-6-8-9-24(7-2)12-37(32,33)17-11-16(15(26)10-14(17)13(3)18(24)27)34-20-19(28)22(4)23(5,31)25(35-20,36-22)21(29)30/h10-11,13,18-20,27-28,31H,6-9,12H2,1-5H3,(H,29,30)/t13-,18-,19?,20?,22?,23?,24-,25?/m1/s1. The topological polar surface area (TPSA) is 160 Å². The Morgan fingerprint density at radius 1 is 1.22 bits per heavy atom. The molecule has 0 aromatic heterocycles. The van der Waals surface area contributed by atoms with E-state index in [9.17, 15) is 33.6 Å². The number of carboxylic acids is 1. The number of aliphatic hydroxyl groups excluding tert-OH is 2. The van der Waals surface area contributed by atoms with E-state index in [2.05, 4.69) is 15.9 Å². The largest absolute Gasteiger partial charge is 0.477 e. The van der Waals surface area contributed by atoms with Crippen LogP contribution in [0.25, 0.3) is 0 Å². The monoisotopic (exact) mass is 606 g/mol. The Balaban J connectivity index is 1.73. The van der Waals surface area contributed by atoms with Gasteiger partial charge in [-0.25, -0.2) is 13.2 Å². The lowest BCUT2D eigenvalue weighted by Gasteiger charge is -2.67. The van der Waals surface area contributed by atoms with Gasteiger partial charge in [0.2, 0.25) is 6.29 Å². The maximum atomic E-state index is 13.7. The van der Waals surface area contributed by atoms with Gasteiger partial charge in [0.05, 0.1) is 21.2 Å². The third-order valence-electron chi connectivity index (χ3n) is 8.79. The summed E-state index contributed by atoms with van der Waals surface area (Å²) in [5, 5.41) is 42.7. The minimum atomic E-state index is -3.87. The lowest BCUT2D eigenvalue weighted by molar-refractivity contribution is -0.537. The molecule has 208 valence electrons. The van der Waals surface area contributed by atoms with Crippen LogP contribution >= 0.6 is 15.9 Å². The number of benzene rings is 1. The Morgan fingerprint density at radius 2 is 1.86 bits per heavy atom. The van der Waals surface area contributed by atoms with Gasteiger partial charge in [-0.2, -0.15) is 0 Å². The van der Waals surface area contributed by atoms with Crippen molar-refractivity contribution in [1.29, 1.82) is 0 Å². The predicted molar refractivity (Wildman–Crippen MR) is 135 cm³/mol. The zero-order valence-corrected chi connectivity index (χ0v) is 23.9. The zero-order valence-electron chi connectivity index (χ0n) is 21.5. The fourth-order valence-corrected chi connectivity index (χ4v) is 8.79. The van der Waals surface area contributed by atoms with Crippen molar-refractivity contribution in [1.82, 2.24) is 0 Å².